The average Bonchev–Trinajstić information content (AvgIpc) is 2.97. The van der Waals surface area contributed by atoms with Crippen LogP contribution in [0.25, 0.3) is 6.08 Å². The molecule has 144 valence electrons. The van der Waals surface area contributed by atoms with Crippen molar-refractivity contribution in [3.05, 3.63) is 70.9 Å². The van der Waals surface area contributed by atoms with E-state index in [-0.39, 0.29) is 17.1 Å². The number of esters is 1. The molecule has 1 amide bonds. The Morgan fingerprint density at radius 1 is 0.964 bits per heavy atom. The molecular weight excluding hydrogens is 358 g/mol. The van der Waals surface area contributed by atoms with Crippen molar-refractivity contribution in [3.8, 4) is 11.5 Å². The minimum absolute atomic E-state index is 0.242. The molecule has 2 aromatic carbocycles. The Labute approximate surface area is 163 Å². The summed E-state index contributed by atoms with van der Waals surface area (Å²) in [6, 6.07) is 14.5. The molecule has 1 heterocycles. The summed E-state index contributed by atoms with van der Waals surface area (Å²) in [7, 11) is 4.36. The lowest BCUT2D eigenvalue weighted by Gasteiger charge is -2.19. The van der Waals surface area contributed by atoms with Crippen LogP contribution in [0.4, 0.5) is 5.69 Å². The van der Waals surface area contributed by atoms with Gasteiger partial charge in [0.2, 0.25) is 0 Å². The molecule has 1 aliphatic rings. The predicted octanol–water partition coefficient (Wildman–Crippen LogP) is 3.58. The number of nitrogens with zero attached hydrogens (tertiary/aromatic N) is 1. The van der Waals surface area contributed by atoms with Crippen LogP contribution in [0.3, 0.4) is 0 Å². The fourth-order valence-electron chi connectivity index (χ4n) is 3.17. The van der Waals surface area contributed by atoms with E-state index in [1.165, 1.54) is 19.1 Å². The molecule has 2 aromatic rings. The SMILES string of the molecule is COC(=O)C1=C(C)N(c2ccc(OC)c(OC)c2)C(=O)/C1=C\c1ccccc1. The third-order valence-electron chi connectivity index (χ3n) is 4.53. The summed E-state index contributed by atoms with van der Waals surface area (Å²) in [5.74, 6) is 0.165. The molecule has 1 aliphatic heterocycles. The number of methoxy groups -OCH3 is 3. The monoisotopic (exact) mass is 379 g/mol. The lowest BCUT2D eigenvalue weighted by atomic mass is 10.0. The molecule has 6 heteroatoms. The summed E-state index contributed by atoms with van der Waals surface area (Å²) in [6.45, 7) is 1.71. The number of hydrogen-bond donors (Lipinski definition) is 0. The van der Waals surface area contributed by atoms with Crippen molar-refractivity contribution >= 4 is 23.6 Å². The van der Waals surface area contributed by atoms with Crippen LogP contribution < -0.4 is 14.4 Å². The highest BCUT2D eigenvalue weighted by atomic mass is 16.5. The van der Waals surface area contributed by atoms with Crippen LogP contribution >= 0.6 is 0 Å². The summed E-state index contributed by atoms with van der Waals surface area (Å²) in [6.07, 6.45) is 1.69. The molecular formula is C22H21NO5. The van der Waals surface area contributed by atoms with Crippen LogP contribution in [0, 0.1) is 0 Å². The fraction of sp³-hybridized carbons (Fsp3) is 0.182. The smallest absolute Gasteiger partial charge is 0.340 e. The molecule has 0 aromatic heterocycles. The number of ether oxygens (including phenoxy) is 3. The van der Waals surface area contributed by atoms with Gasteiger partial charge in [-0.2, -0.15) is 0 Å². The lowest BCUT2D eigenvalue weighted by molar-refractivity contribution is -0.136. The second kappa shape index (κ2) is 8.00. The van der Waals surface area contributed by atoms with Gasteiger partial charge in [0.1, 0.15) is 0 Å². The molecule has 0 N–H and O–H groups in total. The number of carbonyl (C=O) groups excluding carboxylic acids is 2. The van der Waals surface area contributed by atoms with Crippen molar-refractivity contribution in [3.63, 3.8) is 0 Å². The Bertz CT molecular complexity index is 976. The molecule has 0 atom stereocenters. The molecule has 0 saturated heterocycles. The quantitative estimate of drug-likeness (QED) is 0.587. The van der Waals surface area contributed by atoms with Gasteiger partial charge in [-0.3, -0.25) is 9.69 Å². The van der Waals surface area contributed by atoms with Crippen molar-refractivity contribution in [2.45, 2.75) is 6.92 Å². The highest BCUT2D eigenvalue weighted by Gasteiger charge is 2.38. The Morgan fingerprint density at radius 3 is 2.25 bits per heavy atom. The van der Waals surface area contributed by atoms with Crippen molar-refractivity contribution < 1.29 is 23.8 Å². The normalized spacial score (nSPS) is 15.2. The summed E-state index contributed by atoms with van der Waals surface area (Å²) in [5.41, 5.74) is 2.40. The summed E-state index contributed by atoms with van der Waals surface area (Å²) < 4.78 is 15.5. The molecule has 3 rings (SSSR count). The van der Waals surface area contributed by atoms with Crippen LogP contribution in [0.2, 0.25) is 0 Å². The first-order valence-corrected chi connectivity index (χ1v) is 8.64. The summed E-state index contributed by atoms with van der Waals surface area (Å²) in [4.78, 5) is 27.1. The van der Waals surface area contributed by atoms with Gasteiger partial charge in [0.15, 0.2) is 11.5 Å². The maximum absolute atomic E-state index is 13.2. The molecule has 28 heavy (non-hydrogen) atoms. The van der Waals surface area contributed by atoms with Crippen LogP contribution in [0.15, 0.2) is 65.4 Å². The minimum atomic E-state index is -0.559. The highest BCUT2D eigenvalue weighted by molar-refractivity contribution is 6.23. The van der Waals surface area contributed by atoms with Crippen molar-refractivity contribution in [2.24, 2.45) is 0 Å². The number of rotatable bonds is 5. The number of amides is 1. The third kappa shape index (κ3) is 3.36. The van der Waals surface area contributed by atoms with Crippen molar-refractivity contribution in [1.29, 1.82) is 0 Å². The number of benzene rings is 2. The van der Waals surface area contributed by atoms with Crippen LogP contribution in [0.1, 0.15) is 12.5 Å². The second-order valence-electron chi connectivity index (χ2n) is 6.10. The molecule has 6 nitrogen and oxygen atoms in total. The van der Waals surface area contributed by atoms with Gasteiger partial charge < -0.3 is 14.2 Å². The zero-order valence-electron chi connectivity index (χ0n) is 16.2. The first-order chi connectivity index (χ1) is 13.5. The summed E-state index contributed by atoms with van der Waals surface area (Å²) >= 11 is 0. The first-order valence-electron chi connectivity index (χ1n) is 8.64. The van der Waals surface area contributed by atoms with E-state index >= 15 is 0 Å². The summed E-state index contributed by atoms with van der Waals surface area (Å²) in [5, 5.41) is 0. The topological polar surface area (TPSA) is 65.1 Å². The molecule has 0 unspecified atom stereocenters. The fourth-order valence-corrected chi connectivity index (χ4v) is 3.17. The standard InChI is InChI=1S/C22H21NO5/c1-14-20(22(25)28-4)17(12-15-8-6-5-7-9-15)21(24)23(14)16-10-11-18(26-2)19(13-16)27-3/h5-13H,1-4H3/b17-12-. The van der Waals surface area contributed by atoms with Crippen LogP contribution in [-0.2, 0) is 14.3 Å². The predicted molar refractivity (Wildman–Crippen MR) is 106 cm³/mol. The van der Waals surface area contributed by atoms with Crippen molar-refractivity contribution in [1.82, 2.24) is 0 Å². The molecule has 0 spiro atoms. The average molecular weight is 379 g/mol. The van der Waals surface area contributed by atoms with E-state index in [9.17, 15) is 9.59 Å². The molecule has 0 fully saturated rings. The van der Waals surface area contributed by atoms with Gasteiger partial charge in [0.25, 0.3) is 5.91 Å². The van der Waals surface area contributed by atoms with Gasteiger partial charge in [-0.15, -0.1) is 0 Å². The van der Waals surface area contributed by atoms with E-state index < -0.39 is 5.97 Å². The Balaban J connectivity index is 2.13. The third-order valence-corrected chi connectivity index (χ3v) is 4.53. The maximum atomic E-state index is 13.2. The number of allylic oxidation sites excluding steroid dienone is 1. The zero-order chi connectivity index (χ0) is 20.3. The maximum Gasteiger partial charge on any atom is 0.340 e. The van der Waals surface area contributed by atoms with E-state index in [1.807, 2.05) is 30.3 Å². The van der Waals surface area contributed by atoms with Crippen LogP contribution in [0.5, 0.6) is 11.5 Å². The molecule has 0 radical (unpaired) electrons. The molecule has 0 bridgehead atoms. The number of carbonyl (C=O) groups is 2. The molecule has 0 aliphatic carbocycles. The van der Waals surface area contributed by atoms with Gasteiger partial charge in [-0.05, 0) is 30.7 Å². The van der Waals surface area contributed by atoms with Gasteiger partial charge in [-0.25, -0.2) is 4.79 Å². The minimum Gasteiger partial charge on any atom is -0.493 e. The molecule has 0 saturated carbocycles. The zero-order valence-corrected chi connectivity index (χ0v) is 16.2. The Morgan fingerprint density at radius 2 is 1.64 bits per heavy atom. The van der Waals surface area contributed by atoms with E-state index in [2.05, 4.69) is 0 Å². The van der Waals surface area contributed by atoms with Gasteiger partial charge in [-0.1, -0.05) is 30.3 Å². The Hall–Kier alpha value is -3.54. The lowest BCUT2D eigenvalue weighted by Crippen LogP contribution is -2.24. The van der Waals surface area contributed by atoms with Crippen molar-refractivity contribution in [2.75, 3.05) is 26.2 Å². The van der Waals surface area contributed by atoms with Gasteiger partial charge in [0, 0.05) is 11.8 Å². The van der Waals surface area contributed by atoms with Gasteiger partial charge in [0.05, 0.1) is 38.2 Å². The van der Waals surface area contributed by atoms with E-state index in [1.54, 1.807) is 38.3 Å². The van der Waals surface area contributed by atoms with Crippen LogP contribution in [-0.4, -0.2) is 33.2 Å². The van der Waals surface area contributed by atoms with E-state index in [4.69, 9.17) is 14.2 Å². The first kappa shape index (κ1) is 19.2. The number of anilines is 1. The van der Waals surface area contributed by atoms with E-state index in [0.29, 0.717) is 22.9 Å². The largest absolute Gasteiger partial charge is 0.493 e. The van der Waals surface area contributed by atoms with Gasteiger partial charge >= 0.3 is 5.97 Å². The highest BCUT2D eigenvalue weighted by Crippen LogP contribution is 2.39. The second-order valence-corrected chi connectivity index (χ2v) is 6.10. The number of hydrogen-bond acceptors (Lipinski definition) is 5. The van der Waals surface area contributed by atoms with E-state index in [0.717, 1.165) is 5.56 Å². The Kier molecular flexibility index (Phi) is 5.49.